The normalized spacial score (nSPS) is 14.4. The zero-order chi connectivity index (χ0) is 17.9. The van der Waals surface area contributed by atoms with Gasteiger partial charge in [-0.15, -0.1) is 0 Å². The van der Waals surface area contributed by atoms with Crippen LogP contribution in [0.1, 0.15) is 23.2 Å². The van der Waals surface area contributed by atoms with Crippen LogP contribution in [0.3, 0.4) is 0 Å². The summed E-state index contributed by atoms with van der Waals surface area (Å²) in [7, 11) is -2.31. The summed E-state index contributed by atoms with van der Waals surface area (Å²) in [5.41, 5.74) is 1.71. The van der Waals surface area contributed by atoms with E-state index in [9.17, 15) is 13.2 Å². The zero-order valence-corrected chi connectivity index (χ0v) is 14.6. The highest BCUT2D eigenvalue weighted by molar-refractivity contribution is 7.95. The first-order chi connectivity index (χ1) is 12.0. The van der Waals surface area contributed by atoms with Crippen LogP contribution in [0, 0.1) is 0 Å². The maximum Gasteiger partial charge on any atom is 0.337 e. The van der Waals surface area contributed by atoms with Crippen molar-refractivity contribution in [3.8, 4) is 11.1 Å². The Morgan fingerprint density at radius 3 is 2.44 bits per heavy atom. The number of rotatable bonds is 4. The average molecular weight is 358 g/mol. The predicted molar refractivity (Wildman–Crippen MR) is 93.7 cm³/mol. The number of benzene rings is 2. The Bertz CT molecular complexity index is 911. The van der Waals surface area contributed by atoms with Gasteiger partial charge in [-0.1, -0.05) is 30.3 Å². The van der Waals surface area contributed by atoms with Crippen molar-refractivity contribution in [3.05, 3.63) is 65.3 Å². The fourth-order valence-electron chi connectivity index (χ4n) is 2.72. The molecule has 1 heterocycles. The SMILES string of the molecule is COC(=O)c1ccc(-c2ccccc2S(=O)(=O)C2=COCCC2)cc1. The summed E-state index contributed by atoms with van der Waals surface area (Å²) in [6.07, 6.45) is 2.50. The first-order valence-corrected chi connectivity index (χ1v) is 9.36. The summed E-state index contributed by atoms with van der Waals surface area (Å²) < 4.78 is 35.8. The van der Waals surface area contributed by atoms with E-state index in [-0.39, 0.29) is 9.80 Å². The average Bonchev–Trinajstić information content (AvgIpc) is 2.68. The van der Waals surface area contributed by atoms with Gasteiger partial charge in [0.1, 0.15) is 0 Å². The molecular weight excluding hydrogens is 340 g/mol. The molecule has 130 valence electrons. The molecule has 0 N–H and O–H groups in total. The van der Waals surface area contributed by atoms with Gasteiger partial charge in [0.05, 0.1) is 35.3 Å². The highest BCUT2D eigenvalue weighted by Crippen LogP contribution is 2.33. The molecule has 0 radical (unpaired) electrons. The summed E-state index contributed by atoms with van der Waals surface area (Å²) >= 11 is 0. The third-order valence-corrected chi connectivity index (χ3v) is 5.96. The van der Waals surface area contributed by atoms with Gasteiger partial charge >= 0.3 is 5.97 Å². The molecule has 0 unspecified atom stereocenters. The molecule has 0 bridgehead atoms. The van der Waals surface area contributed by atoms with Crippen LogP contribution < -0.4 is 0 Å². The molecule has 0 spiro atoms. The van der Waals surface area contributed by atoms with E-state index in [1.807, 2.05) is 0 Å². The van der Waals surface area contributed by atoms with Gasteiger partial charge in [-0.05, 0) is 36.6 Å². The molecular formula is C19H18O5S. The highest BCUT2D eigenvalue weighted by Gasteiger charge is 2.25. The third kappa shape index (κ3) is 3.44. The molecule has 1 aliphatic rings. The first kappa shape index (κ1) is 17.2. The van der Waals surface area contributed by atoms with E-state index in [2.05, 4.69) is 4.74 Å². The van der Waals surface area contributed by atoms with E-state index >= 15 is 0 Å². The van der Waals surface area contributed by atoms with Crippen LogP contribution in [0.25, 0.3) is 11.1 Å². The predicted octanol–water partition coefficient (Wildman–Crippen LogP) is 3.57. The number of carbonyl (C=O) groups is 1. The second-order valence-corrected chi connectivity index (χ2v) is 7.60. The van der Waals surface area contributed by atoms with Crippen molar-refractivity contribution in [2.75, 3.05) is 13.7 Å². The van der Waals surface area contributed by atoms with Gasteiger partial charge in [0.15, 0.2) is 0 Å². The molecule has 0 fully saturated rings. The summed E-state index contributed by atoms with van der Waals surface area (Å²) in [5.74, 6) is -0.433. The lowest BCUT2D eigenvalue weighted by molar-refractivity contribution is 0.0600. The Morgan fingerprint density at radius 2 is 1.80 bits per heavy atom. The Balaban J connectivity index is 2.04. The Hall–Kier alpha value is -2.60. The van der Waals surface area contributed by atoms with E-state index < -0.39 is 15.8 Å². The monoisotopic (exact) mass is 358 g/mol. The summed E-state index contributed by atoms with van der Waals surface area (Å²) in [4.78, 5) is 12.1. The first-order valence-electron chi connectivity index (χ1n) is 7.87. The van der Waals surface area contributed by atoms with Crippen molar-refractivity contribution >= 4 is 15.8 Å². The number of ether oxygens (including phenoxy) is 2. The lowest BCUT2D eigenvalue weighted by Gasteiger charge is -2.16. The van der Waals surface area contributed by atoms with Gasteiger partial charge in [0.2, 0.25) is 9.84 Å². The molecule has 0 saturated heterocycles. The second-order valence-electron chi connectivity index (χ2n) is 5.63. The van der Waals surface area contributed by atoms with Crippen molar-refractivity contribution in [2.45, 2.75) is 17.7 Å². The largest absolute Gasteiger partial charge is 0.500 e. The van der Waals surface area contributed by atoms with E-state index in [0.29, 0.717) is 36.1 Å². The van der Waals surface area contributed by atoms with Crippen LogP contribution in [-0.4, -0.2) is 28.1 Å². The maximum atomic E-state index is 13.0. The van der Waals surface area contributed by atoms with Crippen LogP contribution in [0.4, 0.5) is 0 Å². The van der Waals surface area contributed by atoms with Gasteiger partial charge in [-0.25, -0.2) is 13.2 Å². The Kier molecular flexibility index (Phi) is 4.90. The Labute approximate surface area is 146 Å². The summed E-state index contributed by atoms with van der Waals surface area (Å²) in [6.45, 7) is 0.537. The number of esters is 1. The maximum absolute atomic E-state index is 13.0. The standard InChI is InChI=1S/C19H18O5S/c1-23-19(20)15-10-8-14(9-11-15)17-6-2-3-7-18(17)25(21,22)16-5-4-12-24-13-16/h2-3,6-11,13H,4-5,12H2,1H3. The fourth-order valence-corrected chi connectivity index (χ4v) is 4.35. The molecule has 25 heavy (non-hydrogen) atoms. The number of allylic oxidation sites excluding steroid dienone is 1. The molecule has 0 saturated carbocycles. The van der Waals surface area contributed by atoms with Crippen molar-refractivity contribution < 1.29 is 22.7 Å². The third-order valence-electron chi connectivity index (χ3n) is 4.04. The van der Waals surface area contributed by atoms with E-state index in [1.165, 1.54) is 13.4 Å². The zero-order valence-electron chi connectivity index (χ0n) is 13.8. The second kappa shape index (κ2) is 7.11. The van der Waals surface area contributed by atoms with Crippen molar-refractivity contribution in [1.82, 2.24) is 0 Å². The van der Waals surface area contributed by atoms with Crippen LogP contribution in [0.2, 0.25) is 0 Å². The van der Waals surface area contributed by atoms with Crippen molar-refractivity contribution in [1.29, 1.82) is 0 Å². The van der Waals surface area contributed by atoms with Gasteiger partial charge in [-0.2, -0.15) is 0 Å². The molecule has 0 atom stereocenters. The minimum Gasteiger partial charge on any atom is -0.500 e. The molecule has 2 aromatic carbocycles. The molecule has 2 aromatic rings. The molecule has 1 aliphatic heterocycles. The molecule has 6 heteroatoms. The van der Waals surface area contributed by atoms with Crippen molar-refractivity contribution in [2.24, 2.45) is 0 Å². The number of carbonyl (C=O) groups excluding carboxylic acids is 1. The quantitative estimate of drug-likeness (QED) is 0.782. The highest BCUT2D eigenvalue weighted by atomic mass is 32.2. The van der Waals surface area contributed by atoms with Gasteiger partial charge < -0.3 is 9.47 Å². The molecule has 3 rings (SSSR count). The van der Waals surface area contributed by atoms with Gasteiger partial charge in [0.25, 0.3) is 0 Å². The van der Waals surface area contributed by atoms with E-state index in [1.54, 1.807) is 48.5 Å². The number of hydrogen-bond acceptors (Lipinski definition) is 5. The lowest BCUT2D eigenvalue weighted by Crippen LogP contribution is -2.11. The van der Waals surface area contributed by atoms with Crippen LogP contribution in [-0.2, 0) is 19.3 Å². The van der Waals surface area contributed by atoms with Gasteiger partial charge in [-0.3, -0.25) is 0 Å². The topological polar surface area (TPSA) is 69.7 Å². The molecule has 0 amide bonds. The number of hydrogen-bond donors (Lipinski definition) is 0. The Morgan fingerprint density at radius 1 is 1.08 bits per heavy atom. The molecule has 0 aliphatic carbocycles. The van der Waals surface area contributed by atoms with Crippen LogP contribution in [0.5, 0.6) is 0 Å². The van der Waals surface area contributed by atoms with Crippen molar-refractivity contribution in [3.63, 3.8) is 0 Å². The van der Waals surface area contributed by atoms with E-state index in [4.69, 9.17) is 4.74 Å². The van der Waals surface area contributed by atoms with Crippen LogP contribution >= 0.6 is 0 Å². The minimum absolute atomic E-state index is 0.234. The smallest absolute Gasteiger partial charge is 0.337 e. The lowest BCUT2D eigenvalue weighted by atomic mass is 10.0. The van der Waals surface area contributed by atoms with Gasteiger partial charge in [0, 0.05) is 5.56 Å². The number of sulfone groups is 1. The molecule has 5 nitrogen and oxygen atoms in total. The summed E-state index contributed by atoms with van der Waals surface area (Å²) in [5, 5.41) is 0. The summed E-state index contributed by atoms with van der Waals surface area (Å²) in [6, 6.07) is 13.5. The minimum atomic E-state index is -3.63. The number of methoxy groups -OCH3 is 1. The fraction of sp³-hybridized carbons (Fsp3) is 0.211. The molecule has 0 aromatic heterocycles. The van der Waals surface area contributed by atoms with E-state index in [0.717, 1.165) is 0 Å². The van der Waals surface area contributed by atoms with Crippen LogP contribution in [0.15, 0.2) is 64.6 Å².